The first-order valence-electron chi connectivity index (χ1n) is 8.41. The standard InChI is InChI=1S/C19H21ClN2O3/c1-18(2)13-8-9-19(18,15-11(13)6-5-7-14(15)24-4)25-17(23)12-10-21-22(3)16(12)20/h5-7,10,13H,8-9H2,1-4H3. The van der Waals surface area contributed by atoms with Crippen LogP contribution in [0.2, 0.25) is 5.15 Å². The molecule has 2 bridgehead atoms. The zero-order chi connectivity index (χ0) is 18.0. The molecule has 2 unspecified atom stereocenters. The molecule has 2 aromatic rings. The third kappa shape index (κ3) is 1.96. The van der Waals surface area contributed by atoms with Crippen LogP contribution in [0.1, 0.15) is 54.1 Å². The van der Waals surface area contributed by atoms with Crippen molar-refractivity contribution >= 4 is 17.6 Å². The SMILES string of the molecule is COc1cccc2c1C1(OC(=O)c3cnn(C)c3Cl)CCC2C1(C)C. The largest absolute Gasteiger partial charge is 0.496 e. The number of hydrogen-bond donors (Lipinski definition) is 0. The number of aryl methyl sites for hydroxylation is 1. The molecule has 2 aliphatic carbocycles. The zero-order valence-electron chi connectivity index (χ0n) is 14.8. The van der Waals surface area contributed by atoms with Gasteiger partial charge in [0.15, 0.2) is 0 Å². The molecular weight excluding hydrogens is 340 g/mol. The van der Waals surface area contributed by atoms with Gasteiger partial charge in [-0.3, -0.25) is 4.68 Å². The summed E-state index contributed by atoms with van der Waals surface area (Å²) < 4.78 is 13.3. The fourth-order valence-corrected chi connectivity index (χ4v) is 4.92. The van der Waals surface area contributed by atoms with E-state index in [1.807, 2.05) is 12.1 Å². The van der Waals surface area contributed by atoms with Crippen molar-refractivity contribution in [2.45, 2.75) is 38.2 Å². The lowest BCUT2D eigenvalue weighted by molar-refractivity contribution is -0.0691. The number of aromatic nitrogens is 2. The van der Waals surface area contributed by atoms with Gasteiger partial charge in [0, 0.05) is 18.0 Å². The Morgan fingerprint density at radius 1 is 1.40 bits per heavy atom. The molecule has 0 saturated heterocycles. The second-order valence-electron chi connectivity index (χ2n) is 7.43. The lowest BCUT2D eigenvalue weighted by Gasteiger charge is -2.38. The zero-order valence-corrected chi connectivity index (χ0v) is 15.6. The van der Waals surface area contributed by atoms with Gasteiger partial charge in [-0.05, 0) is 30.4 Å². The van der Waals surface area contributed by atoms with Gasteiger partial charge in [-0.15, -0.1) is 0 Å². The molecule has 2 atom stereocenters. The van der Waals surface area contributed by atoms with Crippen LogP contribution < -0.4 is 4.74 Å². The van der Waals surface area contributed by atoms with Gasteiger partial charge in [-0.2, -0.15) is 5.10 Å². The van der Waals surface area contributed by atoms with Crippen molar-refractivity contribution in [2.24, 2.45) is 12.5 Å². The average molecular weight is 361 g/mol. The molecule has 1 aromatic carbocycles. The van der Waals surface area contributed by atoms with Gasteiger partial charge in [-0.1, -0.05) is 37.6 Å². The molecular formula is C19H21ClN2O3. The van der Waals surface area contributed by atoms with Gasteiger partial charge in [-0.25, -0.2) is 4.79 Å². The second kappa shape index (κ2) is 5.24. The predicted octanol–water partition coefficient (Wildman–Crippen LogP) is 4.05. The molecule has 1 heterocycles. The molecule has 132 valence electrons. The number of halogens is 1. The average Bonchev–Trinajstić information content (AvgIpc) is 3.11. The third-order valence-electron chi connectivity index (χ3n) is 6.11. The minimum absolute atomic E-state index is 0.214. The number of rotatable bonds is 3. The van der Waals surface area contributed by atoms with Gasteiger partial charge < -0.3 is 9.47 Å². The van der Waals surface area contributed by atoms with E-state index in [1.54, 1.807) is 14.2 Å². The predicted molar refractivity (Wildman–Crippen MR) is 94.1 cm³/mol. The molecule has 1 aromatic heterocycles. The monoisotopic (exact) mass is 360 g/mol. The van der Waals surface area contributed by atoms with E-state index in [4.69, 9.17) is 21.1 Å². The van der Waals surface area contributed by atoms with Crippen molar-refractivity contribution in [3.63, 3.8) is 0 Å². The van der Waals surface area contributed by atoms with Crippen molar-refractivity contribution in [2.75, 3.05) is 7.11 Å². The summed E-state index contributed by atoms with van der Waals surface area (Å²) in [6, 6.07) is 6.06. The number of esters is 1. The van der Waals surface area contributed by atoms with E-state index in [2.05, 4.69) is 25.0 Å². The first kappa shape index (κ1) is 16.5. The Labute approximate surface area is 151 Å². The number of methoxy groups -OCH3 is 1. The summed E-state index contributed by atoms with van der Waals surface area (Å²) in [5.41, 5.74) is 1.60. The Hall–Kier alpha value is -2.01. The van der Waals surface area contributed by atoms with Crippen molar-refractivity contribution < 1.29 is 14.3 Å². The summed E-state index contributed by atoms with van der Waals surface area (Å²) in [5.74, 6) is 0.679. The maximum Gasteiger partial charge on any atom is 0.343 e. The van der Waals surface area contributed by atoms with Gasteiger partial charge in [0.05, 0.1) is 13.3 Å². The molecule has 0 spiro atoms. The number of ether oxygens (including phenoxy) is 2. The number of carbonyl (C=O) groups excluding carboxylic acids is 1. The molecule has 6 heteroatoms. The fraction of sp³-hybridized carbons (Fsp3) is 0.474. The molecule has 5 nitrogen and oxygen atoms in total. The van der Waals surface area contributed by atoms with E-state index >= 15 is 0 Å². The molecule has 1 fully saturated rings. The lowest BCUT2D eigenvalue weighted by atomic mass is 9.76. The van der Waals surface area contributed by atoms with Gasteiger partial charge in [0.1, 0.15) is 22.1 Å². The van der Waals surface area contributed by atoms with Crippen LogP contribution in [0.3, 0.4) is 0 Å². The van der Waals surface area contributed by atoms with Crippen molar-refractivity contribution in [3.8, 4) is 5.75 Å². The van der Waals surface area contributed by atoms with Gasteiger partial charge in [0.25, 0.3) is 0 Å². The Balaban J connectivity index is 1.83. The van der Waals surface area contributed by atoms with E-state index in [0.29, 0.717) is 11.5 Å². The highest BCUT2D eigenvalue weighted by Gasteiger charge is 2.66. The molecule has 25 heavy (non-hydrogen) atoms. The number of nitrogens with zero attached hydrogens (tertiary/aromatic N) is 2. The highest BCUT2D eigenvalue weighted by Crippen LogP contribution is 2.70. The second-order valence-corrected chi connectivity index (χ2v) is 7.78. The highest BCUT2D eigenvalue weighted by molar-refractivity contribution is 6.32. The summed E-state index contributed by atoms with van der Waals surface area (Å²) >= 11 is 6.19. The fourth-order valence-electron chi connectivity index (χ4n) is 4.75. The van der Waals surface area contributed by atoms with Crippen LogP contribution in [0, 0.1) is 5.41 Å². The number of carbonyl (C=O) groups is 1. The summed E-state index contributed by atoms with van der Waals surface area (Å²) in [5, 5.41) is 4.33. The lowest BCUT2D eigenvalue weighted by Crippen LogP contribution is -2.40. The van der Waals surface area contributed by atoms with Gasteiger partial charge >= 0.3 is 5.97 Å². The van der Waals surface area contributed by atoms with Crippen LogP contribution in [0.4, 0.5) is 0 Å². The van der Waals surface area contributed by atoms with Crippen LogP contribution in [0.5, 0.6) is 5.75 Å². The first-order valence-corrected chi connectivity index (χ1v) is 8.79. The van der Waals surface area contributed by atoms with Crippen LogP contribution in [0.25, 0.3) is 0 Å². The molecule has 0 amide bonds. The number of fused-ring (bicyclic) bond motifs is 5. The van der Waals surface area contributed by atoms with Crippen molar-refractivity contribution in [1.82, 2.24) is 9.78 Å². The third-order valence-corrected chi connectivity index (χ3v) is 6.56. The maximum absolute atomic E-state index is 12.9. The van der Waals surface area contributed by atoms with Gasteiger partial charge in [0.2, 0.25) is 0 Å². The Kier molecular flexibility index (Phi) is 3.45. The Morgan fingerprint density at radius 2 is 2.16 bits per heavy atom. The minimum atomic E-state index is -0.712. The van der Waals surface area contributed by atoms with Crippen LogP contribution in [-0.2, 0) is 17.4 Å². The van der Waals surface area contributed by atoms with Crippen LogP contribution in [0.15, 0.2) is 24.4 Å². The summed E-state index contributed by atoms with van der Waals surface area (Å²) in [4.78, 5) is 12.9. The summed E-state index contributed by atoms with van der Waals surface area (Å²) in [6.07, 6.45) is 3.22. The molecule has 4 rings (SSSR count). The highest BCUT2D eigenvalue weighted by atomic mass is 35.5. The number of benzene rings is 1. The molecule has 1 saturated carbocycles. The molecule has 0 radical (unpaired) electrons. The van der Waals surface area contributed by atoms with Crippen molar-refractivity contribution in [3.05, 3.63) is 46.2 Å². The van der Waals surface area contributed by atoms with E-state index in [0.717, 1.165) is 24.2 Å². The normalized spacial score (nSPS) is 25.7. The summed E-state index contributed by atoms with van der Waals surface area (Å²) in [6.45, 7) is 4.34. The van der Waals surface area contributed by atoms with Crippen LogP contribution in [-0.4, -0.2) is 22.9 Å². The molecule has 0 aliphatic heterocycles. The topological polar surface area (TPSA) is 53.4 Å². The smallest absolute Gasteiger partial charge is 0.343 e. The maximum atomic E-state index is 12.9. The van der Waals surface area contributed by atoms with E-state index in [-0.39, 0.29) is 10.6 Å². The first-order chi connectivity index (χ1) is 11.8. The van der Waals surface area contributed by atoms with E-state index in [9.17, 15) is 4.79 Å². The quantitative estimate of drug-likeness (QED) is 0.775. The number of hydrogen-bond acceptors (Lipinski definition) is 4. The van der Waals surface area contributed by atoms with Crippen LogP contribution >= 0.6 is 11.6 Å². The van der Waals surface area contributed by atoms with E-state index < -0.39 is 11.6 Å². The molecule has 0 N–H and O–H groups in total. The van der Waals surface area contributed by atoms with Crippen molar-refractivity contribution in [1.29, 1.82) is 0 Å². The summed E-state index contributed by atoms with van der Waals surface area (Å²) in [7, 11) is 3.35. The Morgan fingerprint density at radius 3 is 2.80 bits per heavy atom. The molecule has 2 aliphatic rings. The minimum Gasteiger partial charge on any atom is -0.496 e. The van der Waals surface area contributed by atoms with E-state index in [1.165, 1.54) is 16.4 Å². The Bertz CT molecular complexity index is 874.